The summed E-state index contributed by atoms with van der Waals surface area (Å²) in [6.45, 7) is 1.97. The predicted molar refractivity (Wildman–Crippen MR) is 116 cm³/mol. The maximum atomic E-state index is 12.7. The molecular weight excluding hydrogens is 406 g/mol. The Morgan fingerprint density at radius 1 is 1.21 bits per heavy atom. The van der Waals surface area contributed by atoms with Gasteiger partial charge in [0.15, 0.2) is 5.78 Å². The van der Waals surface area contributed by atoms with Crippen LogP contribution in [-0.2, 0) is 20.8 Å². The van der Waals surface area contributed by atoms with Gasteiger partial charge in [0.25, 0.3) is 0 Å². The zero-order valence-electron chi connectivity index (χ0n) is 16.5. The van der Waals surface area contributed by atoms with E-state index in [1.165, 1.54) is 0 Å². The van der Waals surface area contributed by atoms with E-state index < -0.39 is 5.41 Å². The van der Waals surface area contributed by atoms with E-state index in [1.54, 1.807) is 17.3 Å². The molecule has 0 bridgehead atoms. The van der Waals surface area contributed by atoms with Crippen molar-refractivity contribution in [3.63, 3.8) is 0 Å². The largest absolute Gasteiger partial charge is 0.299 e. The zero-order chi connectivity index (χ0) is 20.9. The lowest BCUT2D eigenvalue weighted by atomic mass is 9.68. The third-order valence-corrected chi connectivity index (χ3v) is 7.07. The summed E-state index contributed by atoms with van der Waals surface area (Å²) in [6.07, 6.45) is 6.61. The van der Waals surface area contributed by atoms with E-state index >= 15 is 0 Å². The minimum absolute atomic E-state index is 0.0777. The van der Waals surface area contributed by atoms with Gasteiger partial charge in [0.05, 0.1) is 11.8 Å². The second-order valence-electron chi connectivity index (χ2n) is 7.71. The maximum absolute atomic E-state index is 12.7. The van der Waals surface area contributed by atoms with Crippen LogP contribution < -0.4 is 0 Å². The molecule has 1 fully saturated rings. The second-order valence-corrected chi connectivity index (χ2v) is 9.35. The number of benzene rings is 1. The molecule has 1 aromatic heterocycles. The minimum Gasteiger partial charge on any atom is -0.299 e. The van der Waals surface area contributed by atoms with E-state index in [2.05, 4.69) is 4.98 Å². The topological polar surface area (TPSA) is 64.1 Å². The highest BCUT2D eigenvalue weighted by Gasteiger charge is 2.38. The van der Waals surface area contributed by atoms with Gasteiger partial charge in [-0.05, 0) is 38.3 Å². The number of ketones is 2. The van der Waals surface area contributed by atoms with Crippen molar-refractivity contribution in [1.29, 1.82) is 0 Å². The Kier molecular flexibility index (Phi) is 7.18. The molecule has 0 saturated heterocycles. The summed E-state index contributed by atoms with van der Waals surface area (Å²) in [5.74, 6) is 1.53. The fraction of sp³-hybridized carbons (Fsp3) is 0.435. The molecular formula is C23H24ClNO3S. The molecule has 1 heterocycles. The van der Waals surface area contributed by atoms with Crippen molar-refractivity contribution < 1.29 is 14.4 Å². The van der Waals surface area contributed by atoms with Crippen LogP contribution in [0.3, 0.4) is 0 Å². The Bertz CT molecular complexity index is 936. The van der Waals surface area contributed by atoms with Crippen LogP contribution in [0.1, 0.15) is 55.5 Å². The molecule has 3 rings (SSSR count). The fourth-order valence-electron chi connectivity index (χ4n) is 4.02. The number of carbonyl (C=O) groups excluding carboxylic acids is 3. The van der Waals surface area contributed by atoms with Gasteiger partial charge in [0.2, 0.25) is 0 Å². The van der Waals surface area contributed by atoms with E-state index in [9.17, 15) is 14.4 Å². The van der Waals surface area contributed by atoms with Gasteiger partial charge >= 0.3 is 0 Å². The highest BCUT2D eigenvalue weighted by molar-refractivity contribution is 7.15. The highest BCUT2D eigenvalue weighted by atomic mass is 35.5. The fourth-order valence-corrected chi connectivity index (χ4v) is 5.08. The monoisotopic (exact) mass is 429 g/mol. The third kappa shape index (κ3) is 5.30. The number of carbonyl (C=O) groups is 2. The van der Waals surface area contributed by atoms with E-state index in [1.807, 2.05) is 31.2 Å². The number of thiazole rings is 1. The number of nitrogens with zero attached hydrogens (tertiary/aromatic N) is 1. The van der Waals surface area contributed by atoms with Crippen molar-refractivity contribution in [3.8, 4) is 10.6 Å². The molecule has 0 amide bonds. The molecule has 1 saturated carbocycles. The normalized spacial score (nSPS) is 15.5. The van der Waals surface area contributed by atoms with Crippen LogP contribution >= 0.6 is 22.9 Å². The molecule has 0 aliphatic heterocycles. The van der Waals surface area contributed by atoms with Crippen LogP contribution in [0, 0.1) is 12.3 Å². The van der Waals surface area contributed by atoms with Gasteiger partial charge in [-0.3, -0.25) is 9.59 Å². The van der Waals surface area contributed by atoms with E-state index in [0.29, 0.717) is 17.9 Å². The van der Waals surface area contributed by atoms with Crippen molar-refractivity contribution in [2.75, 3.05) is 0 Å². The van der Waals surface area contributed by atoms with Crippen molar-refractivity contribution in [2.24, 2.45) is 5.41 Å². The number of Topliss-reactive ketones (excluding diaryl/α,β-unsaturated/α-hetero) is 1. The Balaban J connectivity index is 1.66. The number of aryl methyl sites for hydroxylation is 1. The maximum Gasteiger partial charge on any atom is 0.172 e. The molecule has 0 atom stereocenters. The molecule has 2 aromatic rings. The van der Waals surface area contributed by atoms with Gasteiger partial charge in [-0.2, -0.15) is 0 Å². The predicted octanol–water partition coefficient (Wildman–Crippen LogP) is 5.57. The molecule has 0 radical (unpaired) electrons. The second kappa shape index (κ2) is 9.62. The number of halogens is 1. The summed E-state index contributed by atoms with van der Waals surface area (Å²) in [4.78, 5) is 41.5. The van der Waals surface area contributed by atoms with Crippen molar-refractivity contribution in [3.05, 3.63) is 45.9 Å². The standard InChI is InChI=1S/C23H24ClNO3S/c1-16-20(25-22(29-16)17-5-7-18(24)8-6-17)15-19(27)9-13-23(21(28)10-14-26)11-3-2-4-12-23/h5-8,10H,2-4,9,11-13,15H2,1H3. The summed E-state index contributed by atoms with van der Waals surface area (Å²) in [6, 6.07) is 7.50. The summed E-state index contributed by atoms with van der Waals surface area (Å²) >= 11 is 7.51. The van der Waals surface area contributed by atoms with Crippen molar-refractivity contribution >= 4 is 40.4 Å². The molecule has 4 nitrogen and oxygen atoms in total. The van der Waals surface area contributed by atoms with Crippen LogP contribution in [0.5, 0.6) is 0 Å². The summed E-state index contributed by atoms with van der Waals surface area (Å²) in [5.41, 5.74) is 1.20. The highest BCUT2D eigenvalue weighted by Crippen LogP contribution is 2.41. The van der Waals surface area contributed by atoms with Crippen LogP contribution in [0.25, 0.3) is 10.6 Å². The average molecular weight is 430 g/mol. The van der Waals surface area contributed by atoms with Gasteiger partial charge < -0.3 is 0 Å². The van der Waals surface area contributed by atoms with Gasteiger partial charge in [0.1, 0.15) is 16.7 Å². The number of allylic oxidation sites excluding steroid dienone is 1. The zero-order valence-corrected chi connectivity index (χ0v) is 18.1. The Morgan fingerprint density at radius 2 is 1.90 bits per heavy atom. The van der Waals surface area contributed by atoms with Crippen LogP contribution in [-0.4, -0.2) is 22.5 Å². The van der Waals surface area contributed by atoms with Gasteiger partial charge in [-0.1, -0.05) is 43.0 Å². The van der Waals surface area contributed by atoms with E-state index in [4.69, 9.17) is 11.6 Å². The summed E-state index contributed by atoms with van der Waals surface area (Å²) < 4.78 is 0. The first-order valence-electron chi connectivity index (χ1n) is 9.93. The first-order valence-corrected chi connectivity index (χ1v) is 11.1. The van der Waals surface area contributed by atoms with Crippen LogP contribution in [0.4, 0.5) is 0 Å². The molecule has 0 spiro atoms. The summed E-state index contributed by atoms with van der Waals surface area (Å²) in [7, 11) is 0. The van der Waals surface area contributed by atoms with Crippen LogP contribution in [0.2, 0.25) is 5.02 Å². The minimum atomic E-state index is -0.573. The lowest BCUT2D eigenvalue weighted by Gasteiger charge is -2.34. The molecule has 1 aliphatic rings. The SMILES string of the molecule is Cc1sc(-c2ccc(Cl)cc2)nc1CC(=O)CCC1(C(=O)C=C=O)CCCCC1. The van der Waals surface area contributed by atoms with Crippen molar-refractivity contribution in [1.82, 2.24) is 4.98 Å². The first-order chi connectivity index (χ1) is 13.9. The molecule has 152 valence electrons. The molecule has 1 aliphatic carbocycles. The molecule has 0 unspecified atom stereocenters. The lowest BCUT2D eigenvalue weighted by molar-refractivity contribution is -0.127. The van der Waals surface area contributed by atoms with Crippen LogP contribution in [0.15, 0.2) is 30.3 Å². The Labute approximate surface area is 180 Å². The van der Waals surface area contributed by atoms with E-state index in [-0.39, 0.29) is 18.0 Å². The lowest BCUT2D eigenvalue weighted by Crippen LogP contribution is -2.33. The quantitative estimate of drug-likeness (QED) is 0.406. The number of aromatic nitrogens is 1. The number of hydrogen-bond acceptors (Lipinski definition) is 5. The average Bonchev–Trinajstić information content (AvgIpc) is 3.08. The summed E-state index contributed by atoms with van der Waals surface area (Å²) in [5, 5.41) is 1.55. The van der Waals surface area contributed by atoms with Gasteiger partial charge in [-0.25, -0.2) is 9.78 Å². The van der Waals surface area contributed by atoms with E-state index in [0.717, 1.165) is 59.3 Å². The third-order valence-electron chi connectivity index (χ3n) is 5.75. The molecule has 1 aromatic carbocycles. The first kappa shape index (κ1) is 21.6. The number of rotatable bonds is 8. The van der Waals surface area contributed by atoms with Crippen molar-refractivity contribution in [2.45, 2.75) is 58.3 Å². The van der Waals surface area contributed by atoms with Gasteiger partial charge in [0, 0.05) is 33.7 Å². The Hall–Kier alpha value is -2.07. The molecule has 29 heavy (non-hydrogen) atoms. The number of hydrogen-bond donors (Lipinski definition) is 0. The molecule has 6 heteroatoms. The molecule has 0 N–H and O–H groups in total. The Morgan fingerprint density at radius 3 is 2.55 bits per heavy atom. The van der Waals surface area contributed by atoms with Gasteiger partial charge in [-0.15, -0.1) is 11.3 Å². The smallest absolute Gasteiger partial charge is 0.172 e.